The molecular weight excluding hydrogens is 346 g/mol. The molecule has 0 bridgehead atoms. The first kappa shape index (κ1) is 19.9. The maximum Gasteiger partial charge on any atom is 0.224 e. The van der Waals surface area contributed by atoms with E-state index in [1.54, 1.807) is 18.4 Å². The Morgan fingerprint density at radius 2 is 2.04 bits per heavy atom. The minimum Gasteiger partial charge on any atom is -0.352 e. The van der Waals surface area contributed by atoms with Crippen LogP contribution in [0.4, 0.5) is 5.69 Å². The van der Waals surface area contributed by atoms with Gasteiger partial charge in [0, 0.05) is 36.8 Å². The molecule has 0 atom stereocenters. The smallest absolute Gasteiger partial charge is 0.224 e. The molecule has 6 nitrogen and oxygen atoms in total. The van der Waals surface area contributed by atoms with Gasteiger partial charge < -0.3 is 16.0 Å². The largest absolute Gasteiger partial charge is 0.352 e. The fourth-order valence-corrected chi connectivity index (χ4v) is 3.17. The van der Waals surface area contributed by atoms with Crippen LogP contribution in [0.5, 0.6) is 0 Å². The molecule has 0 aliphatic heterocycles. The summed E-state index contributed by atoms with van der Waals surface area (Å²) in [4.78, 5) is 21.6. The monoisotopic (exact) mass is 373 g/mol. The van der Waals surface area contributed by atoms with Crippen molar-refractivity contribution in [2.45, 2.75) is 46.2 Å². The minimum atomic E-state index is 0.0463. The van der Waals surface area contributed by atoms with E-state index in [-0.39, 0.29) is 5.91 Å². The van der Waals surface area contributed by atoms with E-state index in [4.69, 9.17) is 0 Å². The number of aryl methyl sites for hydroxylation is 1. The summed E-state index contributed by atoms with van der Waals surface area (Å²) in [5.41, 5.74) is 1.89. The van der Waals surface area contributed by atoms with Crippen LogP contribution < -0.4 is 16.0 Å². The topological polar surface area (TPSA) is 78.4 Å². The number of carbonyl (C=O) groups excluding carboxylic acids is 1. The highest BCUT2D eigenvalue weighted by Crippen LogP contribution is 2.13. The first-order valence-electron chi connectivity index (χ1n) is 8.91. The molecule has 0 radical (unpaired) electrons. The van der Waals surface area contributed by atoms with Crippen molar-refractivity contribution in [1.82, 2.24) is 15.6 Å². The zero-order valence-electron chi connectivity index (χ0n) is 15.6. The van der Waals surface area contributed by atoms with Crippen LogP contribution in [0.25, 0.3) is 0 Å². The normalized spacial score (nSPS) is 11.3. The number of nitrogens with zero attached hydrogens (tertiary/aromatic N) is 2. The lowest BCUT2D eigenvalue weighted by Gasteiger charge is -2.12. The van der Waals surface area contributed by atoms with E-state index in [1.165, 1.54) is 4.88 Å². The number of anilines is 1. The molecule has 0 fully saturated rings. The quantitative estimate of drug-likeness (QED) is 0.490. The van der Waals surface area contributed by atoms with Crippen LogP contribution in [-0.2, 0) is 24.3 Å². The van der Waals surface area contributed by atoms with E-state index in [0.29, 0.717) is 19.5 Å². The van der Waals surface area contributed by atoms with Gasteiger partial charge in [0.2, 0.25) is 5.91 Å². The Labute approximate surface area is 159 Å². The van der Waals surface area contributed by atoms with E-state index in [1.807, 2.05) is 37.4 Å². The summed E-state index contributed by atoms with van der Waals surface area (Å²) in [5.74, 6) is 0.767. The summed E-state index contributed by atoms with van der Waals surface area (Å²) in [7, 11) is 1.75. The van der Waals surface area contributed by atoms with Crippen molar-refractivity contribution in [3.63, 3.8) is 0 Å². The summed E-state index contributed by atoms with van der Waals surface area (Å²) < 4.78 is 0. The standard InChI is InChI=1S/C19H27N5OS/c1-4-7-17(25)24-15-9-6-8-14(10-15)11-22-19(20-3)23-13-18-21-12-16(5-2)26-18/h6,8-10,12H,4-5,7,11,13H2,1-3H3,(H,24,25)(H2,20,22,23). The number of benzene rings is 1. The van der Waals surface area contributed by atoms with Gasteiger partial charge in [-0.2, -0.15) is 0 Å². The maximum atomic E-state index is 11.7. The first-order chi connectivity index (χ1) is 12.6. The SMILES string of the molecule is CCCC(=O)Nc1cccc(CNC(=NC)NCc2ncc(CC)s2)c1. The Kier molecular flexibility index (Phi) is 8.08. The molecule has 1 heterocycles. The van der Waals surface area contributed by atoms with E-state index >= 15 is 0 Å². The zero-order valence-corrected chi connectivity index (χ0v) is 16.4. The molecule has 1 aromatic heterocycles. The highest BCUT2D eigenvalue weighted by Gasteiger charge is 2.04. The van der Waals surface area contributed by atoms with Crippen LogP contribution in [0.2, 0.25) is 0 Å². The fraction of sp³-hybridized carbons (Fsp3) is 0.421. The minimum absolute atomic E-state index is 0.0463. The van der Waals surface area contributed by atoms with E-state index < -0.39 is 0 Å². The second-order valence-corrected chi connectivity index (χ2v) is 7.05. The second-order valence-electron chi connectivity index (χ2n) is 5.85. The van der Waals surface area contributed by atoms with Gasteiger partial charge in [-0.1, -0.05) is 26.0 Å². The summed E-state index contributed by atoms with van der Waals surface area (Å²) in [6, 6.07) is 7.83. The lowest BCUT2D eigenvalue weighted by Crippen LogP contribution is -2.36. The highest BCUT2D eigenvalue weighted by molar-refractivity contribution is 7.11. The van der Waals surface area contributed by atoms with E-state index in [0.717, 1.165) is 35.1 Å². The summed E-state index contributed by atoms with van der Waals surface area (Å²) in [6.07, 6.45) is 4.31. The second kappa shape index (κ2) is 10.6. The van der Waals surface area contributed by atoms with Gasteiger partial charge in [0.1, 0.15) is 5.01 Å². The molecule has 26 heavy (non-hydrogen) atoms. The third-order valence-electron chi connectivity index (χ3n) is 3.73. The van der Waals surface area contributed by atoms with Crippen LogP contribution in [0.1, 0.15) is 42.1 Å². The predicted octanol–water partition coefficient (Wildman–Crippen LogP) is 3.31. The van der Waals surface area contributed by atoms with Crippen molar-refractivity contribution >= 4 is 28.9 Å². The van der Waals surface area contributed by atoms with Crippen molar-refractivity contribution in [2.24, 2.45) is 4.99 Å². The molecule has 7 heteroatoms. The van der Waals surface area contributed by atoms with Crippen LogP contribution in [-0.4, -0.2) is 23.9 Å². The lowest BCUT2D eigenvalue weighted by molar-refractivity contribution is -0.116. The van der Waals surface area contributed by atoms with Gasteiger partial charge in [-0.15, -0.1) is 11.3 Å². The molecule has 1 amide bonds. The summed E-state index contributed by atoms with van der Waals surface area (Å²) in [5, 5.41) is 10.5. The van der Waals surface area contributed by atoms with Gasteiger partial charge in [0.05, 0.1) is 6.54 Å². The molecular formula is C19H27N5OS. The van der Waals surface area contributed by atoms with Crippen LogP contribution >= 0.6 is 11.3 Å². The predicted molar refractivity (Wildman–Crippen MR) is 109 cm³/mol. The van der Waals surface area contributed by atoms with Crippen LogP contribution in [0, 0.1) is 0 Å². The number of nitrogens with one attached hydrogen (secondary N) is 3. The van der Waals surface area contributed by atoms with Crippen molar-refractivity contribution < 1.29 is 4.79 Å². The van der Waals surface area contributed by atoms with Gasteiger partial charge in [-0.25, -0.2) is 4.98 Å². The van der Waals surface area contributed by atoms with Crippen molar-refractivity contribution in [3.05, 3.63) is 45.9 Å². The molecule has 0 spiro atoms. The number of aromatic nitrogens is 1. The molecule has 1 aromatic carbocycles. The molecule has 3 N–H and O–H groups in total. The van der Waals surface area contributed by atoms with E-state index in [2.05, 4.69) is 32.9 Å². The van der Waals surface area contributed by atoms with Gasteiger partial charge in [0.15, 0.2) is 5.96 Å². The number of rotatable bonds is 8. The molecule has 0 saturated carbocycles. The molecule has 2 aromatic rings. The summed E-state index contributed by atoms with van der Waals surface area (Å²) >= 11 is 1.71. The van der Waals surface area contributed by atoms with Crippen LogP contribution in [0.3, 0.4) is 0 Å². The average Bonchev–Trinajstić information content (AvgIpc) is 3.10. The number of hydrogen-bond acceptors (Lipinski definition) is 4. The molecule has 0 saturated heterocycles. The van der Waals surface area contributed by atoms with Gasteiger partial charge in [-0.3, -0.25) is 9.79 Å². The number of hydrogen-bond donors (Lipinski definition) is 3. The Morgan fingerprint density at radius 3 is 2.73 bits per heavy atom. The number of amides is 1. The molecule has 140 valence electrons. The molecule has 0 aliphatic carbocycles. The third kappa shape index (κ3) is 6.48. The van der Waals surface area contributed by atoms with Crippen molar-refractivity contribution in [1.29, 1.82) is 0 Å². The number of carbonyl (C=O) groups is 1. The molecule has 0 unspecified atom stereocenters. The fourth-order valence-electron chi connectivity index (χ4n) is 2.37. The number of thiazole rings is 1. The van der Waals surface area contributed by atoms with Gasteiger partial charge >= 0.3 is 0 Å². The van der Waals surface area contributed by atoms with E-state index in [9.17, 15) is 4.79 Å². The van der Waals surface area contributed by atoms with Gasteiger partial charge in [0.25, 0.3) is 0 Å². The van der Waals surface area contributed by atoms with Gasteiger partial charge in [-0.05, 0) is 30.5 Å². The molecule has 0 aliphatic rings. The summed E-state index contributed by atoms with van der Waals surface area (Å²) in [6.45, 7) is 5.39. The third-order valence-corrected chi connectivity index (χ3v) is 4.87. The molecule has 2 rings (SSSR count). The Morgan fingerprint density at radius 1 is 1.23 bits per heavy atom. The maximum absolute atomic E-state index is 11.7. The first-order valence-corrected chi connectivity index (χ1v) is 9.73. The van der Waals surface area contributed by atoms with Crippen molar-refractivity contribution in [3.8, 4) is 0 Å². The average molecular weight is 374 g/mol. The highest BCUT2D eigenvalue weighted by atomic mass is 32.1. The van der Waals surface area contributed by atoms with Crippen LogP contribution in [0.15, 0.2) is 35.5 Å². The number of aliphatic imine (C=N–C) groups is 1. The Balaban J connectivity index is 1.84. The Hall–Kier alpha value is -2.41. The van der Waals surface area contributed by atoms with Crippen molar-refractivity contribution in [2.75, 3.05) is 12.4 Å². The number of guanidine groups is 1. The Bertz CT molecular complexity index is 741. The zero-order chi connectivity index (χ0) is 18.8. The lowest BCUT2D eigenvalue weighted by atomic mass is 10.2.